The minimum atomic E-state index is -4.62. The highest BCUT2D eigenvalue weighted by Crippen LogP contribution is 2.28. The van der Waals surface area contributed by atoms with Crippen LogP contribution in [0.4, 0.5) is 24.9 Å². The topological polar surface area (TPSA) is 84.6 Å². The Morgan fingerprint density at radius 1 is 1.00 bits per heavy atom. The number of rotatable bonds is 3. The predicted molar refractivity (Wildman–Crippen MR) is 88.8 cm³/mol. The Bertz CT molecular complexity index is 952. The van der Waals surface area contributed by atoms with Crippen molar-refractivity contribution in [1.29, 1.82) is 0 Å². The molecule has 3 aromatic heterocycles. The molecule has 0 spiro atoms. The predicted octanol–water partition coefficient (Wildman–Crippen LogP) is 1.27. The number of ether oxygens (including phenoxy) is 1. The van der Waals surface area contributed by atoms with Gasteiger partial charge in [-0.1, -0.05) is 0 Å². The highest BCUT2D eigenvalue weighted by atomic mass is 19.4. The second-order valence-electron chi connectivity index (χ2n) is 5.86. The zero-order valence-corrected chi connectivity index (χ0v) is 14.3. The number of halogens is 3. The van der Waals surface area contributed by atoms with Gasteiger partial charge in [0.2, 0.25) is 11.8 Å². The summed E-state index contributed by atoms with van der Waals surface area (Å²) in [6, 6.07) is 4.78. The second-order valence-corrected chi connectivity index (χ2v) is 5.86. The van der Waals surface area contributed by atoms with Gasteiger partial charge in [0.15, 0.2) is 5.65 Å². The van der Waals surface area contributed by atoms with Crippen molar-refractivity contribution in [2.45, 2.75) is 6.18 Å². The Hall–Kier alpha value is -3.18. The van der Waals surface area contributed by atoms with E-state index in [1.165, 1.54) is 13.2 Å². The summed E-state index contributed by atoms with van der Waals surface area (Å²) < 4.78 is 44.9. The van der Waals surface area contributed by atoms with Crippen molar-refractivity contribution in [2.24, 2.45) is 0 Å². The molecule has 142 valence electrons. The first-order chi connectivity index (χ1) is 13.0. The lowest BCUT2D eigenvalue weighted by atomic mass is 10.3. The zero-order valence-electron chi connectivity index (χ0n) is 14.3. The third kappa shape index (κ3) is 3.29. The van der Waals surface area contributed by atoms with Gasteiger partial charge < -0.3 is 14.5 Å². The molecule has 12 heteroatoms. The summed E-state index contributed by atoms with van der Waals surface area (Å²) >= 11 is 0. The third-order valence-corrected chi connectivity index (χ3v) is 4.22. The van der Waals surface area contributed by atoms with Crippen LogP contribution < -0.4 is 14.5 Å². The number of piperazine rings is 1. The van der Waals surface area contributed by atoms with Crippen molar-refractivity contribution in [3.05, 3.63) is 30.2 Å². The molecule has 1 aliphatic heterocycles. The highest BCUT2D eigenvalue weighted by molar-refractivity contribution is 5.47. The van der Waals surface area contributed by atoms with Gasteiger partial charge in [-0.2, -0.15) is 22.7 Å². The molecule has 27 heavy (non-hydrogen) atoms. The summed E-state index contributed by atoms with van der Waals surface area (Å²) in [5.74, 6) is 0.319. The van der Waals surface area contributed by atoms with Gasteiger partial charge in [-0.3, -0.25) is 0 Å². The summed E-state index contributed by atoms with van der Waals surface area (Å²) in [6.45, 7) is 2.31. The van der Waals surface area contributed by atoms with Crippen LogP contribution in [0.3, 0.4) is 0 Å². The van der Waals surface area contributed by atoms with Gasteiger partial charge in [-0.25, -0.2) is 4.98 Å². The third-order valence-electron chi connectivity index (χ3n) is 4.22. The van der Waals surface area contributed by atoms with Crippen LogP contribution >= 0.6 is 0 Å². The molecule has 1 aliphatic rings. The molecule has 0 aliphatic carbocycles. The van der Waals surface area contributed by atoms with Crippen LogP contribution in [-0.4, -0.2) is 63.1 Å². The maximum atomic E-state index is 13.0. The molecular weight excluding hydrogens is 365 g/mol. The first kappa shape index (κ1) is 17.2. The van der Waals surface area contributed by atoms with E-state index >= 15 is 0 Å². The van der Waals surface area contributed by atoms with Crippen LogP contribution in [0.25, 0.3) is 5.65 Å². The van der Waals surface area contributed by atoms with Crippen molar-refractivity contribution in [1.82, 2.24) is 29.8 Å². The van der Waals surface area contributed by atoms with E-state index in [4.69, 9.17) is 4.74 Å². The molecule has 4 heterocycles. The van der Waals surface area contributed by atoms with Gasteiger partial charge in [0.05, 0.1) is 7.11 Å². The zero-order chi connectivity index (χ0) is 19.0. The van der Waals surface area contributed by atoms with Gasteiger partial charge in [-0.05, 0) is 12.1 Å². The maximum absolute atomic E-state index is 13.0. The van der Waals surface area contributed by atoms with Crippen molar-refractivity contribution in [3.63, 3.8) is 0 Å². The van der Waals surface area contributed by atoms with Crippen LogP contribution in [-0.2, 0) is 6.18 Å². The van der Waals surface area contributed by atoms with Crippen LogP contribution in [0, 0.1) is 0 Å². The first-order valence-electron chi connectivity index (χ1n) is 8.12. The van der Waals surface area contributed by atoms with Gasteiger partial charge >= 0.3 is 6.18 Å². The molecule has 0 saturated carbocycles. The summed E-state index contributed by atoms with van der Waals surface area (Å²) in [4.78, 5) is 12.4. The fourth-order valence-electron chi connectivity index (χ4n) is 2.86. The van der Waals surface area contributed by atoms with Crippen molar-refractivity contribution >= 4 is 17.4 Å². The average molecular weight is 380 g/mol. The highest BCUT2D eigenvalue weighted by Gasteiger charge is 2.37. The number of fused-ring (bicyclic) bond motifs is 1. The SMILES string of the molecule is COc1ccnc(N2CCN(c3ccc4nnc(C(F)(F)F)n4n3)CC2)n1. The van der Waals surface area contributed by atoms with E-state index in [1.54, 1.807) is 18.3 Å². The van der Waals surface area contributed by atoms with E-state index in [0.717, 1.165) is 4.52 Å². The van der Waals surface area contributed by atoms with Gasteiger partial charge in [0.25, 0.3) is 5.82 Å². The molecule has 0 bridgehead atoms. The Kier molecular flexibility index (Phi) is 4.16. The van der Waals surface area contributed by atoms with E-state index in [2.05, 4.69) is 25.3 Å². The van der Waals surface area contributed by atoms with E-state index in [0.29, 0.717) is 43.8 Å². The quantitative estimate of drug-likeness (QED) is 0.672. The summed E-state index contributed by atoms with van der Waals surface area (Å²) in [7, 11) is 1.53. The number of nitrogens with zero attached hydrogens (tertiary/aromatic N) is 8. The van der Waals surface area contributed by atoms with E-state index in [-0.39, 0.29) is 5.65 Å². The number of aromatic nitrogens is 6. The smallest absolute Gasteiger partial charge is 0.453 e. The molecule has 0 unspecified atom stereocenters. The van der Waals surface area contributed by atoms with Crippen molar-refractivity contribution in [2.75, 3.05) is 43.1 Å². The molecule has 0 N–H and O–H groups in total. The standard InChI is InChI=1S/C15H15F3N8O/c1-27-12-4-5-19-14(20-12)25-8-6-24(7-9-25)11-3-2-10-21-22-13(15(16,17)18)26(10)23-11/h2-5H,6-9H2,1H3. The van der Waals surface area contributed by atoms with Gasteiger partial charge in [0.1, 0.15) is 5.82 Å². The number of alkyl halides is 3. The normalized spacial score (nSPS) is 15.4. The molecule has 0 aromatic carbocycles. The molecule has 0 radical (unpaired) electrons. The number of hydrogen-bond donors (Lipinski definition) is 0. The van der Waals surface area contributed by atoms with Crippen LogP contribution in [0.2, 0.25) is 0 Å². The Labute approximate surface area is 151 Å². The Balaban J connectivity index is 1.52. The Morgan fingerprint density at radius 3 is 2.44 bits per heavy atom. The minimum absolute atomic E-state index is 0.0505. The molecule has 3 aromatic rings. The van der Waals surface area contributed by atoms with Crippen molar-refractivity contribution in [3.8, 4) is 5.88 Å². The minimum Gasteiger partial charge on any atom is -0.481 e. The fraction of sp³-hybridized carbons (Fsp3) is 0.400. The molecule has 0 amide bonds. The molecule has 0 atom stereocenters. The molecule has 1 saturated heterocycles. The Morgan fingerprint density at radius 2 is 1.74 bits per heavy atom. The maximum Gasteiger partial charge on any atom is 0.453 e. The summed E-state index contributed by atoms with van der Waals surface area (Å²) in [5.41, 5.74) is 0.0505. The average Bonchev–Trinajstić information content (AvgIpc) is 3.12. The second kappa shape index (κ2) is 6.52. The van der Waals surface area contributed by atoms with Crippen molar-refractivity contribution < 1.29 is 17.9 Å². The number of hydrogen-bond acceptors (Lipinski definition) is 8. The van der Waals surface area contributed by atoms with Crippen LogP contribution in [0.5, 0.6) is 5.88 Å². The summed E-state index contributed by atoms with van der Waals surface area (Å²) in [5, 5.41) is 10.8. The van der Waals surface area contributed by atoms with Crippen LogP contribution in [0.15, 0.2) is 24.4 Å². The van der Waals surface area contributed by atoms with Gasteiger partial charge in [-0.15, -0.1) is 15.3 Å². The molecule has 9 nitrogen and oxygen atoms in total. The lowest BCUT2D eigenvalue weighted by Crippen LogP contribution is -2.47. The van der Waals surface area contributed by atoms with E-state index < -0.39 is 12.0 Å². The monoisotopic (exact) mass is 380 g/mol. The number of anilines is 2. The van der Waals surface area contributed by atoms with E-state index in [1.807, 2.05) is 9.80 Å². The first-order valence-corrected chi connectivity index (χ1v) is 8.12. The summed E-state index contributed by atoms with van der Waals surface area (Å²) in [6.07, 6.45) is -3.00. The lowest BCUT2D eigenvalue weighted by Gasteiger charge is -2.35. The molecule has 4 rings (SSSR count). The molecule has 1 fully saturated rings. The lowest BCUT2D eigenvalue weighted by molar-refractivity contribution is -0.146. The van der Waals surface area contributed by atoms with Gasteiger partial charge in [0, 0.05) is 38.4 Å². The fourth-order valence-corrected chi connectivity index (χ4v) is 2.86. The number of methoxy groups -OCH3 is 1. The van der Waals surface area contributed by atoms with Crippen LogP contribution in [0.1, 0.15) is 5.82 Å². The largest absolute Gasteiger partial charge is 0.481 e. The van der Waals surface area contributed by atoms with E-state index in [9.17, 15) is 13.2 Å². The molecular formula is C15H15F3N8O.